The Hall–Kier alpha value is -2.52. The number of fused-ring (bicyclic) bond motifs is 1. The second-order valence-electron chi connectivity index (χ2n) is 6.59. The van der Waals surface area contributed by atoms with E-state index < -0.39 is 0 Å². The number of amidine groups is 1. The fourth-order valence-electron chi connectivity index (χ4n) is 3.28. The Kier molecular flexibility index (Phi) is 5.04. The van der Waals surface area contributed by atoms with E-state index >= 15 is 0 Å². The van der Waals surface area contributed by atoms with E-state index in [2.05, 4.69) is 37.4 Å². The summed E-state index contributed by atoms with van der Waals surface area (Å²) in [7, 11) is 0. The molecular formula is C18H22N6O2S. The molecule has 2 N–H and O–H groups in total. The highest BCUT2D eigenvalue weighted by atomic mass is 32.1. The molecule has 1 aromatic heterocycles. The molecule has 0 aliphatic carbocycles. The van der Waals surface area contributed by atoms with Crippen LogP contribution in [0.25, 0.3) is 10.2 Å². The number of anilines is 1. The molecular weight excluding hydrogens is 364 g/mol. The molecule has 1 amide bonds. The van der Waals surface area contributed by atoms with Gasteiger partial charge in [0.05, 0.1) is 10.6 Å². The highest BCUT2D eigenvalue weighted by Gasteiger charge is 2.30. The quantitative estimate of drug-likeness (QED) is 0.841. The highest BCUT2D eigenvalue weighted by Crippen LogP contribution is 2.34. The van der Waals surface area contributed by atoms with Crippen LogP contribution >= 0.6 is 11.3 Å². The molecule has 1 aromatic carbocycles. The first-order chi connectivity index (χ1) is 13.1. The van der Waals surface area contributed by atoms with Crippen LogP contribution in [-0.2, 0) is 4.79 Å². The number of nitrogens with zero attached hydrogens (tertiary/aromatic N) is 4. The SMILES string of the molecule is CC(=O)Nc1nc2c(OC3N=CN=C(N4CCNCC4)C3C)cccc2s1. The molecule has 0 spiro atoms. The molecule has 1 fully saturated rings. The summed E-state index contributed by atoms with van der Waals surface area (Å²) in [4.78, 5) is 27.1. The van der Waals surface area contributed by atoms with Gasteiger partial charge in [-0.3, -0.25) is 4.79 Å². The van der Waals surface area contributed by atoms with Crippen molar-refractivity contribution in [3.8, 4) is 5.75 Å². The van der Waals surface area contributed by atoms with Crippen molar-refractivity contribution < 1.29 is 9.53 Å². The summed E-state index contributed by atoms with van der Waals surface area (Å²) in [6.07, 6.45) is 1.23. The van der Waals surface area contributed by atoms with Crippen molar-refractivity contribution in [2.24, 2.45) is 15.9 Å². The van der Waals surface area contributed by atoms with E-state index in [1.54, 1.807) is 6.34 Å². The van der Waals surface area contributed by atoms with Crippen molar-refractivity contribution in [3.05, 3.63) is 18.2 Å². The standard InChI is InChI=1S/C18H22N6O2S/c1-11-16(24-8-6-19-7-9-24)20-10-21-17(11)26-13-4-3-5-14-15(13)23-18(27-14)22-12(2)25/h3-5,10-11,17,19H,6-9H2,1-2H3,(H,22,23,25). The zero-order valence-corrected chi connectivity index (χ0v) is 16.1. The number of ether oxygens (including phenoxy) is 1. The zero-order chi connectivity index (χ0) is 18.8. The highest BCUT2D eigenvalue weighted by molar-refractivity contribution is 7.22. The normalized spacial score (nSPS) is 22.6. The van der Waals surface area contributed by atoms with Gasteiger partial charge in [-0.15, -0.1) is 0 Å². The average molecular weight is 386 g/mol. The van der Waals surface area contributed by atoms with Gasteiger partial charge in [0, 0.05) is 33.1 Å². The third kappa shape index (κ3) is 3.79. The maximum absolute atomic E-state index is 11.3. The second-order valence-corrected chi connectivity index (χ2v) is 7.62. The van der Waals surface area contributed by atoms with Crippen molar-refractivity contribution in [1.82, 2.24) is 15.2 Å². The number of aliphatic imine (C=N–C) groups is 2. The third-order valence-corrected chi connectivity index (χ3v) is 5.53. The van der Waals surface area contributed by atoms with E-state index in [1.807, 2.05) is 18.2 Å². The predicted octanol–water partition coefficient (Wildman–Crippen LogP) is 1.94. The molecule has 3 heterocycles. The summed E-state index contributed by atoms with van der Waals surface area (Å²) in [5, 5.41) is 6.66. The van der Waals surface area contributed by atoms with Crippen molar-refractivity contribution in [2.45, 2.75) is 20.1 Å². The molecule has 2 unspecified atom stereocenters. The molecule has 0 saturated carbocycles. The van der Waals surface area contributed by atoms with Crippen LogP contribution in [0.15, 0.2) is 28.2 Å². The van der Waals surface area contributed by atoms with Crippen LogP contribution in [0.4, 0.5) is 5.13 Å². The van der Waals surface area contributed by atoms with Gasteiger partial charge in [-0.05, 0) is 19.1 Å². The van der Waals surface area contributed by atoms with Gasteiger partial charge in [-0.25, -0.2) is 15.0 Å². The minimum Gasteiger partial charge on any atom is -0.466 e. The van der Waals surface area contributed by atoms with E-state index in [0.717, 1.165) is 42.2 Å². The number of rotatable bonds is 3. The number of benzene rings is 1. The van der Waals surface area contributed by atoms with Gasteiger partial charge in [-0.2, -0.15) is 0 Å². The summed E-state index contributed by atoms with van der Waals surface area (Å²) >= 11 is 1.43. The van der Waals surface area contributed by atoms with Crippen LogP contribution in [0.5, 0.6) is 5.75 Å². The summed E-state index contributed by atoms with van der Waals surface area (Å²) in [5.41, 5.74) is 0.736. The van der Waals surface area contributed by atoms with Gasteiger partial charge in [-0.1, -0.05) is 17.4 Å². The molecule has 9 heteroatoms. The molecule has 0 bridgehead atoms. The largest absolute Gasteiger partial charge is 0.466 e. The Labute approximate surface area is 161 Å². The first kappa shape index (κ1) is 17.9. The second kappa shape index (κ2) is 7.61. The maximum atomic E-state index is 11.3. The van der Waals surface area contributed by atoms with E-state index in [9.17, 15) is 4.79 Å². The molecule has 4 rings (SSSR count). The lowest BCUT2D eigenvalue weighted by atomic mass is 10.1. The number of piperazine rings is 1. The lowest BCUT2D eigenvalue weighted by Gasteiger charge is -2.35. The molecule has 2 aliphatic heterocycles. The van der Waals surface area contributed by atoms with Gasteiger partial charge in [0.15, 0.2) is 5.13 Å². The Balaban J connectivity index is 1.55. The summed E-state index contributed by atoms with van der Waals surface area (Å²) in [6.45, 7) is 7.35. The molecule has 8 nitrogen and oxygen atoms in total. The molecule has 2 atom stereocenters. The topological polar surface area (TPSA) is 91.2 Å². The number of aromatic nitrogens is 1. The average Bonchev–Trinajstić information content (AvgIpc) is 3.07. The van der Waals surface area contributed by atoms with Gasteiger partial charge < -0.3 is 20.3 Å². The number of hydrogen-bond donors (Lipinski definition) is 2. The number of thiazole rings is 1. The Morgan fingerprint density at radius 2 is 2.19 bits per heavy atom. The summed E-state index contributed by atoms with van der Waals surface area (Å²) < 4.78 is 7.19. The van der Waals surface area contributed by atoms with E-state index in [4.69, 9.17) is 4.74 Å². The monoisotopic (exact) mass is 386 g/mol. The first-order valence-electron chi connectivity index (χ1n) is 9.00. The number of para-hydroxylation sites is 1. The van der Waals surface area contributed by atoms with Crippen LogP contribution in [0.3, 0.4) is 0 Å². The smallest absolute Gasteiger partial charge is 0.223 e. The van der Waals surface area contributed by atoms with Crippen LogP contribution in [0.2, 0.25) is 0 Å². The Morgan fingerprint density at radius 3 is 2.96 bits per heavy atom. The number of amides is 1. The minimum absolute atomic E-state index is 0.0387. The van der Waals surface area contributed by atoms with E-state index in [0.29, 0.717) is 10.9 Å². The van der Waals surface area contributed by atoms with E-state index in [-0.39, 0.29) is 18.1 Å². The first-order valence-corrected chi connectivity index (χ1v) is 9.82. The Morgan fingerprint density at radius 1 is 1.37 bits per heavy atom. The van der Waals surface area contributed by atoms with Crippen molar-refractivity contribution in [2.75, 3.05) is 31.5 Å². The minimum atomic E-state index is -0.357. The van der Waals surface area contributed by atoms with Crippen LogP contribution in [0, 0.1) is 5.92 Å². The number of carbonyl (C=O) groups excluding carboxylic acids is 1. The van der Waals surface area contributed by atoms with E-state index in [1.165, 1.54) is 18.3 Å². The Bertz CT molecular complexity index is 902. The molecule has 1 saturated heterocycles. The molecule has 2 aliphatic rings. The summed E-state index contributed by atoms with van der Waals surface area (Å²) in [6, 6.07) is 5.78. The van der Waals surface area contributed by atoms with Crippen molar-refractivity contribution in [3.63, 3.8) is 0 Å². The van der Waals surface area contributed by atoms with Crippen molar-refractivity contribution >= 4 is 44.8 Å². The predicted molar refractivity (Wildman–Crippen MR) is 108 cm³/mol. The molecule has 27 heavy (non-hydrogen) atoms. The molecule has 0 radical (unpaired) electrons. The zero-order valence-electron chi connectivity index (χ0n) is 15.3. The van der Waals surface area contributed by atoms with Crippen LogP contribution in [-0.4, -0.2) is 60.4 Å². The number of nitrogens with one attached hydrogen (secondary N) is 2. The fraction of sp³-hybridized carbons (Fsp3) is 0.444. The fourth-order valence-corrected chi connectivity index (χ4v) is 4.21. The van der Waals surface area contributed by atoms with Crippen LogP contribution in [0.1, 0.15) is 13.8 Å². The van der Waals surface area contributed by atoms with Gasteiger partial charge in [0.1, 0.15) is 23.4 Å². The maximum Gasteiger partial charge on any atom is 0.223 e. The molecule has 2 aromatic rings. The lowest BCUT2D eigenvalue weighted by Crippen LogP contribution is -2.51. The molecule has 142 valence electrons. The van der Waals surface area contributed by atoms with Crippen LogP contribution < -0.4 is 15.4 Å². The van der Waals surface area contributed by atoms with Gasteiger partial charge in [0.2, 0.25) is 12.1 Å². The number of carbonyl (C=O) groups is 1. The van der Waals surface area contributed by atoms with Crippen molar-refractivity contribution in [1.29, 1.82) is 0 Å². The van der Waals surface area contributed by atoms with Gasteiger partial charge >= 0.3 is 0 Å². The lowest BCUT2D eigenvalue weighted by molar-refractivity contribution is -0.114. The summed E-state index contributed by atoms with van der Waals surface area (Å²) in [5.74, 6) is 1.58. The third-order valence-electron chi connectivity index (χ3n) is 4.59. The number of hydrogen-bond acceptors (Lipinski definition) is 8. The van der Waals surface area contributed by atoms with Gasteiger partial charge in [0.25, 0.3) is 0 Å².